The largest absolute Gasteiger partial charge is 2.00 e. The molecule has 1 atom stereocenters. The van der Waals surface area contributed by atoms with Gasteiger partial charge < -0.3 is 11.8 Å². The number of hydrogen-bond donors (Lipinski definition) is 0. The van der Waals surface area contributed by atoms with Gasteiger partial charge in [0.25, 0.3) is 0 Å². The van der Waals surface area contributed by atoms with Crippen molar-refractivity contribution in [3.05, 3.63) is 11.8 Å². The second kappa shape index (κ2) is 13.5. The van der Waals surface area contributed by atoms with E-state index in [4.69, 9.17) is 22.2 Å². The molecular formula is C19H36Cl2FeSi. The van der Waals surface area contributed by atoms with Crippen molar-refractivity contribution in [2.45, 2.75) is 103 Å². The third-order valence-electron chi connectivity index (χ3n) is 5.01. The van der Waals surface area contributed by atoms with Crippen LogP contribution in [0.2, 0.25) is 12.6 Å². The molecule has 2 fully saturated rings. The summed E-state index contributed by atoms with van der Waals surface area (Å²) in [7, 11) is 0. The fraction of sp³-hybridized carbons (Fsp3) is 0.895. The molecule has 2 saturated carbocycles. The molecule has 0 aromatic rings. The van der Waals surface area contributed by atoms with Gasteiger partial charge in [0.1, 0.15) is 0 Å². The first-order valence-corrected chi connectivity index (χ1v) is 14.2. The van der Waals surface area contributed by atoms with Crippen molar-refractivity contribution in [1.82, 2.24) is 0 Å². The van der Waals surface area contributed by atoms with E-state index in [-0.39, 0.29) is 17.1 Å². The number of halogens is 2. The van der Waals surface area contributed by atoms with E-state index in [0.29, 0.717) is 0 Å². The molecule has 0 saturated heterocycles. The molecule has 2 rings (SSSR count). The van der Waals surface area contributed by atoms with E-state index in [2.05, 4.69) is 13.8 Å². The Balaban J connectivity index is 0.000000427. The number of hydrogen-bond acceptors (Lipinski definition) is 0. The molecule has 2 aliphatic carbocycles. The first-order chi connectivity index (χ1) is 10.4. The van der Waals surface area contributed by atoms with Gasteiger partial charge in [0.05, 0.1) is 0 Å². The fourth-order valence-corrected chi connectivity index (χ4v) is 5.32. The van der Waals surface area contributed by atoms with Crippen LogP contribution >= 0.6 is 22.2 Å². The Morgan fingerprint density at radius 3 is 2.22 bits per heavy atom. The van der Waals surface area contributed by atoms with Gasteiger partial charge in [0.15, 0.2) is 0 Å². The molecule has 0 spiro atoms. The summed E-state index contributed by atoms with van der Waals surface area (Å²) in [6.07, 6.45) is 16.7. The van der Waals surface area contributed by atoms with Gasteiger partial charge in [-0.1, -0.05) is 57.8 Å². The molecule has 0 amide bonds. The van der Waals surface area contributed by atoms with Crippen molar-refractivity contribution >= 4 is 28.9 Å². The molecule has 1 unspecified atom stereocenters. The van der Waals surface area contributed by atoms with Crippen LogP contribution in [0, 0.1) is 17.8 Å². The van der Waals surface area contributed by atoms with E-state index in [1.807, 2.05) is 12.5 Å². The fourth-order valence-electron chi connectivity index (χ4n) is 3.75. The van der Waals surface area contributed by atoms with Gasteiger partial charge in [-0.05, 0) is 12.6 Å². The summed E-state index contributed by atoms with van der Waals surface area (Å²) < 4.78 is 0. The average Bonchev–Trinajstić information content (AvgIpc) is 2.47. The van der Waals surface area contributed by atoms with E-state index in [1.54, 1.807) is 5.92 Å². The molecule has 138 valence electrons. The maximum atomic E-state index is 6.09. The molecule has 0 aliphatic heterocycles. The summed E-state index contributed by atoms with van der Waals surface area (Å²) in [5.41, 5.74) is 0. The van der Waals surface area contributed by atoms with Gasteiger partial charge in [-0.15, -0.1) is 22.2 Å². The minimum absolute atomic E-state index is 0. The molecule has 0 nitrogen and oxygen atoms in total. The first-order valence-electron chi connectivity index (χ1n) is 9.43. The smallest absolute Gasteiger partial charge is 0.316 e. The van der Waals surface area contributed by atoms with E-state index in [0.717, 1.165) is 12.0 Å². The van der Waals surface area contributed by atoms with Gasteiger partial charge in [0.2, 0.25) is 6.69 Å². The quantitative estimate of drug-likeness (QED) is 0.240. The summed E-state index contributed by atoms with van der Waals surface area (Å²) in [4.78, 5) is 0. The van der Waals surface area contributed by atoms with Gasteiger partial charge in [0, 0.05) is 0 Å². The Morgan fingerprint density at radius 1 is 1.04 bits per heavy atom. The summed E-state index contributed by atoms with van der Waals surface area (Å²) in [5, 5.41) is 0. The Morgan fingerprint density at radius 2 is 1.70 bits per heavy atom. The van der Waals surface area contributed by atoms with Crippen LogP contribution in [0.1, 0.15) is 90.9 Å². The Labute approximate surface area is 166 Å². The van der Waals surface area contributed by atoms with Crippen LogP contribution in [-0.2, 0) is 17.1 Å². The summed E-state index contributed by atoms with van der Waals surface area (Å²) in [6, 6.07) is 1.06. The topological polar surface area (TPSA) is 0 Å². The zero-order valence-electron chi connectivity index (χ0n) is 15.4. The maximum Gasteiger partial charge on any atom is 2.00 e. The van der Waals surface area contributed by atoms with E-state index in [1.165, 1.54) is 77.0 Å². The van der Waals surface area contributed by atoms with Crippen molar-refractivity contribution in [1.29, 1.82) is 0 Å². The van der Waals surface area contributed by atoms with Crippen LogP contribution < -0.4 is 0 Å². The van der Waals surface area contributed by atoms with Crippen molar-refractivity contribution in [3.8, 4) is 0 Å². The molecular weight excluding hydrogens is 383 g/mol. The molecule has 0 bridgehead atoms. The molecule has 0 aromatic carbocycles. The van der Waals surface area contributed by atoms with Crippen molar-refractivity contribution < 1.29 is 17.1 Å². The monoisotopic (exact) mass is 418 g/mol. The average molecular weight is 419 g/mol. The summed E-state index contributed by atoms with van der Waals surface area (Å²) in [6.45, 7) is 4.76. The predicted octanol–water partition coefficient (Wildman–Crippen LogP) is 8.03. The van der Waals surface area contributed by atoms with Crippen LogP contribution in [0.25, 0.3) is 0 Å². The zero-order chi connectivity index (χ0) is 16.4. The zero-order valence-corrected chi connectivity index (χ0v) is 19.0. The van der Waals surface area contributed by atoms with Crippen molar-refractivity contribution in [2.24, 2.45) is 5.92 Å². The van der Waals surface area contributed by atoms with Crippen LogP contribution in [0.4, 0.5) is 0 Å². The normalized spacial score (nSPS) is 23.6. The molecule has 0 N–H and O–H groups in total. The molecule has 23 heavy (non-hydrogen) atoms. The third-order valence-corrected chi connectivity index (χ3v) is 7.31. The molecule has 2 aliphatic rings. The minimum atomic E-state index is -1.83. The molecule has 0 heterocycles. The Kier molecular flexibility index (Phi) is 14.3. The van der Waals surface area contributed by atoms with Crippen LogP contribution in [-0.4, -0.2) is 6.69 Å². The van der Waals surface area contributed by atoms with Gasteiger partial charge >= 0.3 is 17.1 Å². The van der Waals surface area contributed by atoms with Gasteiger partial charge in [-0.3, -0.25) is 0 Å². The third kappa shape index (κ3) is 13.2. The minimum Gasteiger partial charge on any atom is -0.316 e. The van der Waals surface area contributed by atoms with E-state index < -0.39 is 6.69 Å². The predicted molar refractivity (Wildman–Crippen MR) is 105 cm³/mol. The standard InChI is InChI=1S/C10H19Cl2Si.C9H17.Fe/c1-9-4-3-5-10(8-9)6-7-13(2,11)12;1-2-6-9-7-4-3-5-8-9;/h10H,3-8H2,1-2H3;2-8H2,1H3;/q2*-1;+2. The van der Waals surface area contributed by atoms with Crippen molar-refractivity contribution in [3.63, 3.8) is 0 Å². The van der Waals surface area contributed by atoms with Crippen LogP contribution in [0.15, 0.2) is 0 Å². The first kappa shape index (κ1) is 24.3. The van der Waals surface area contributed by atoms with E-state index in [9.17, 15) is 0 Å². The Bertz CT molecular complexity index is 272. The van der Waals surface area contributed by atoms with Crippen molar-refractivity contribution in [2.75, 3.05) is 0 Å². The SMILES string of the molecule is CCC[C-]1CCCCC1.C[C-]1CCCC(CC[Si](C)(Cl)Cl)C1.[Fe+2]. The number of rotatable bonds is 5. The summed E-state index contributed by atoms with van der Waals surface area (Å²) >= 11 is 12.2. The second-order valence-electron chi connectivity index (χ2n) is 7.59. The van der Waals surface area contributed by atoms with Crippen LogP contribution in [0.5, 0.6) is 0 Å². The van der Waals surface area contributed by atoms with Gasteiger partial charge in [-0.25, -0.2) is 0 Å². The van der Waals surface area contributed by atoms with Gasteiger partial charge in [-0.2, -0.15) is 39.0 Å². The van der Waals surface area contributed by atoms with E-state index >= 15 is 0 Å². The van der Waals surface area contributed by atoms with Crippen LogP contribution in [0.3, 0.4) is 0 Å². The maximum absolute atomic E-state index is 6.09. The molecule has 4 heteroatoms. The molecule has 0 radical (unpaired) electrons. The molecule has 0 aromatic heterocycles. The summed E-state index contributed by atoms with van der Waals surface area (Å²) in [5.74, 6) is 4.38. The second-order valence-corrected chi connectivity index (χ2v) is 15.8. The Hall–Kier alpha value is 1.32.